The number of pyridine rings is 1. The van der Waals surface area contributed by atoms with Gasteiger partial charge < -0.3 is 4.90 Å². The number of fused-ring (bicyclic) bond motifs is 1. The topological polar surface area (TPSA) is 72.6 Å². The zero-order chi connectivity index (χ0) is 23.9. The monoisotopic (exact) mass is 459 g/mol. The lowest BCUT2D eigenvalue weighted by Crippen LogP contribution is -2.33. The van der Waals surface area contributed by atoms with Gasteiger partial charge in [0, 0.05) is 40.3 Å². The first-order chi connectivity index (χ1) is 15.6. The van der Waals surface area contributed by atoms with Crippen LogP contribution >= 0.6 is 11.6 Å². The van der Waals surface area contributed by atoms with Gasteiger partial charge in [-0.05, 0) is 47.9 Å². The lowest BCUT2D eigenvalue weighted by Gasteiger charge is -2.22. The molecule has 2 heterocycles. The molecule has 0 fully saturated rings. The second-order valence-corrected chi connectivity index (χ2v) is 9.63. The number of aryl methyl sites for hydroxylation is 1. The van der Waals surface area contributed by atoms with E-state index in [1.807, 2.05) is 30.1 Å². The Kier molecular flexibility index (Phi) is 5.80. The van der Waals surface area contributed by atoms with Gasteiger partial charge >= 0.3 is 0 Å². The molecule has 0 aliphatic rings. The van der Waals surface area contributed by atoms with Gasteiger partial charge in [0.1, 0.15) is 12.9 Å². The number of nitrogens with zero attached hydrogens (tertiary/aromatic N) is 4. The van der Waals surface area contributed by atoms with Crippen molar-refractivity contribution in [3.63, 3.8) is 0 Å². The summed E-state index contributed by atoms with van der Waals surface area (Å²) in [5, 5.41) is 17.4. The van der Waals surface area contributed by atoms with Crippen LogP contribution in [0.2, 0.25) is 5.02 Å². The number of benzene rings is 2. The van der Waals surface area contributed by atoms with Crippen LogP contribution in [-0.2, 0) is 12.5 Å². The number of nitrogens with one attached hydrogen (secondary N) is 2. The van der Waals surface area contributed by atoms with Crippen molar-refractivity contribution in [2.75, 3.05) is 11.9 Å². The third-order valence-corrected chi connectivity index (χ3v) is 6.11. The Hall–Kier alpha value is -3.51. The Morgan fingerprint density at radius 1 is 1.09 bits per heavy atom. The van der Waals surface area contributed by atoms with Crippen LogP contribution in [0, 0.1) is 10.8 Å². The maximum Gasteiger partial charge on any atom is 0.229 e. The smallest absolute Gasteiger partial charge is 0.229 e. The summed E-state index contributed by atoms with van der Waals surface area (Å²) in [4.78, 5) is 6.46. The van der Waals surface area contributed by atoms with Gasteiger partial charge in [-0.25, -0.2) is 4.57 Å². The fourth-order valence-corrected chi connectivity index (χ4v) is 4.12. The number of hydrogen-bond acceptors (Lipinski definition) is 4. The minimum absolute atomic E-state index is 0.0260. The van der Waals surface area contributed by atoms with Crippen LogP contribution in [0.25, 0.3) is 22.2 Å². The maximum atomic E-state index is 8.32. The second kappa shape index (κ2) is 8.45. The van der Waals surface area contributed by atoms with E-state index >= 15 is 0 Å². The van der Waals surface area contributed by atoms with E-state index in [9.17, 15) is 0 Å². The third-order valence-electron chi connectivity index (χ3n) is 5.88. The van der Waals surface area contributed by atoms with Crippen LogP contribution in [0.15, 0.2) is 60.8 Å². The summed E-state index contributed by atoms with van der Waals surface area (Å²) in [6.07, 6.45) is 3.27. The van der Waals surface area contributed by atoms with Crippen LogP contribution in [0.3, 0.4) is 0 Å². The van der Waals surface area contributed by atoms with Gasteiger partial charge in [0.05, 0.1) is 11.9 Å². The molecule has 2 N–H and O–H groups in total. The molecule has 0 bridgehead atoms. The Morgan fingerprint density at radius 2 is 1.85 bits per heavy atom. The van der Waals surface area contributed by atoms with Crippen LogP contribution in [-0.4, -0.2) is 22.9 Å². The van der Waals surface area contributed by atoms with Crippen molar-refractivity contribution in [1.82, 2.24) is 9.55 Å². The molecule has 0 aliphatic heterocycles. The van der Waals surface area contributed by atoms with Gasteiger partial charge in [0.2, 0.25) is 11.3 Å². The number of aromatic nitrogens is 3. The Bertz CT molecular complexity index is 1430. The minimum Gasteiger partial charge on any atom is -0.329 e. The first-order valence-corrected chi connectivity index (χ1v) is 11.1. The molecule has 0 unspecified atom stereocenters. The van der Waals surface area contributed by atoms with E-state index in [2.05, 4.69) is 67.8 Å². The molecular weight excluding hydrogens is 432 g/mol. The van der Waals surface area contributed by atoms with Crippen LogP contribution < -0.4 is 15.1 Å². The standard InChI is InChI=1S/C26H28ClN6/c1-26(2,3)18-9-12-22(31(4)15-18)17-7-6-8-20(13-17)32(5)24-21-11-10-19(27)14-23(21)33(16-28)25(29)30-24/h6-16,28-29H,1-5H3/q+1. The van der Waals surface area contributed by atoms with Crippen molar-refractivity contribution in [3.05, 3.63) is 77.0 Å². The highest BCUT2D eigenvalue weighted by molar-refractivity contribution is 6.31. The molecule has 0 aliphatic carbocycles. The molecule has 33 heavy (non-hydrogen) atoms. The largest absolute Gasteiger partial charge is 0.329 e. The lowest BCUT2D eigenvalue weighted by molar-refractivity contribution is -0.661. The van der Waals surface area contributed by atoms with Gasteiger partial charge in [0.15, 0.2) is 6.20 Å². The summed E-state index contributed by atoms with van der Waals surface area (Å²) in [6.45, 7) is 6.64. The zero-order valence-corrected chi connectivity index (χ0v) is 20.3. The third kappa shape index (κ3) is 4.26. The molecule has 2 aromatic carbocycles. The summed E-state index contributed by atoms with van der Waals surface area (Å²) in [6, 6.07) is 18.1. The first kappa shape index (κ1) is 22.7. The molecule has 0 atom stereocenters. The highest BCUT2D eigenvalue weighted by atomic mass is 35.5. The Morgan fingerprint density at radius 3 is 2.52 bits per heavy atom. The molecule has 0 saturated carbocycles. The minimum atomic E-state index is -0.0260. The molecular formula is C26H28ClN6+. The predicted octanol–water partition coefficient (Wildman–Crippen LogP) is 5.18. The van der Waals surface area contributed by atoms with Gasteiger partial charge in [-0.15, -0.1) is 0 Å². The van der Waals surface area contributed by atoms with E-state index in [0.29, 0.717) is 16.4 Å². The number of anilines is 2. The van der Waals surface area contributed by atoms with E-state index in [-0.39, 0.29) is 11.0 Å². The SMILES string of the molecule is CN(c1cccc(-c2ccc(C(C)(C)C)c[n+]2C)c1)c1nc(=N)n(C=N)c2cc(Cl)ccc12. The van der Waals surface area contributed by atoms with Crippen molar-refractivity contribution >= 4 is 40.3 Å². The average molecular weight is 460 g/mol. The first-order valence-electron chi connectivity index (χ1n) is 10.7. The molecule has 4 aromatic rings. The second-order valence-electron chi connectivity index (χ2n) is 9.19. The van der Waals surface area contributed by atoms with E-state index in [1.165, 1.54) is 10.1 Å². The van der Waals surface area contributed by atoms with Crippen molar-refractivity contribution < 1.29 is 4.57 Å². The summed E-state index contributed by atoms with van der Waals surface area (Å²) < 4.78 is 3.57. The summed E-state index contributed by atoms with van der Waals surface area (Å²) in [5.41, 5.74) is 5.15. The highest BCUT2D eigenvalue weighted by Crippen LogP contribution is 2.31. The fraction of sp³-hybridized carbons (Fsp3) is 0.231. The van der Waals surface area contributed by atoms with Crippen molar-refractivity contribution in [2.24, 2.45) is 7.05 Å². The van der Waals surface area contributed by atoms with Gasteiger partial charge in [-0.3, -0.25) is 15.4 Å². The molecule has 4 rings (SSSR count). The van der Waals surface area contributed by atoms with E-state index in [1.54, 1.807) is 12.1 Å². The Balaban J connectivity index is 1.82. The maximum absolute atomic E-state index is 8.32. The zero-order valence-electron chi connectivity index (χ0n) is 19.5. The molecule has 0 saturated heterocycles. The molecule has 0 spiro atoms. The molecule has 0 amide bonds. The van der Waals surface area contributed by atoms with Crippen molar-refractivity contribution in [1.29, 1.82) is 10.8 Å². The molecule has 7 heteroatoms. The van der Waals surface area contributed by atoms with E-state index in [4.69, 9.17) is 22.4 Å². The van der Waals surface area contributed by atoms with Crippen LogP contribution in [0.5, 0.6) is 0 Å². The summed E-state index contributed by atoms with van der Waals surface area (Å²) >= 11 is 6.21. The molecule has 0 radical (unpaired) electrons. The molecule has 2 aromatic heterocycles. The van der Waals surface area contributed by atoms with Crippen LogP contribution in [0.1, 0.15) is 26.3 Å². The molecule has 6 nitrogen and oxygen atoms in total. The van der Waals surface area contributed by atoms with Crippen molar-refractivity contribution in [2.45, 2.75) is 26.2 Å². The average Bonchev–Trinajstić information content (AvgIpc) is 2.77. The van der Waals surface area contributed by atoms with Crippen LogP contribution in [0.4, 0.5) is 11.5 Å². The van der Waals surface area contributed by atoms with Gasteiger partial charge in [-0.1, -0.05) is 38.4 Å². The van der Waals surface area contributed by atoms with E-state index in [0.717, 1.165) is 28.7 Å². The lowest BCUT2D eigenvalue weighted by atomic mass is 9.88. The number of halogens is 1. The predicted molar refractivity (Wildman–Crippen MR) is 135 cm³/mol. The number of hydrogen-bond donors (Lipinski definition) is 2. The fourth-order valence-electron chi connectivity index (χ4n) is 3.96. The van der Waals surface area contributed by atoms with E-state index < -0.39 is 0 Å². The molecule has 168 valence electrons. The summed E-state index contributed by atoms with van der Waals surface area (Å²) in [5.74, 6) is 0.634. The number of rotatable bonds is 4. The normalized spacial score (nSPS) is 11.6. The highest BCUT2D eigenvalue weighted by Gasteiger charge is 2.20. The summed E-state index contributed by atoms with van der Waals surface area (Å²) in [7, 11) is 4.01. The van der Waals surface area contributed by atoms with Gasteiger partial charge in [0.25, 0.3) is 0 Å². The quantitative estimate of drug-likeness (QED) is 0.250. The van der Waals surface area contributed by atoms with Gasteiger partial charge in [-0.2, -0.15) is 4.98 Å². The Labute approximate surface area is 198 Å². The van der Waals surface area contributed by atoms with Crippen molar-refractivity contribution in [3.8, 4) is 11.3 Å².